The summed E-state index contributed by atoms with van der Waals surface area (Å²) < 4.78 is 81.9. The highest BCUT2D eigenvalue weighted by atomic mass is 31.3. The van der Waals surface area contributed by atoms with Gasteiger partial charge in [0.15, 0.2) is 6.23 Å². The molecule has 3 aliphatic heterocycles. The molecule has 53 heavy (non-hydrogen) atoms. The molecule has 0 radical (unpaired) electrons. The summed E-state index contributed by atoms with van der Waals surface area (Å²) in [6, 6.07) is 18.5. The van der Waals surface area contributed by atoms with E-state index in [1.165, 1.54) is 12.3 Å². The van der Waals surface area contributed by atoms with Crippen LogP contribution in [0.1, 0.15) is 16.7 Å². The number of nitrogens with one attached hydrogen (secondary N) is 1. The molecule has 0 aromatic heterocycles. The number of amides is 2. The van der Waals surface area contributed by atoms with Gasteiger partial charge in [0.1, 0.15) is 24.1 Å². The quantitative estimate of drug-likeness (QED) is 0.114. The van der Waals surface area contributed by atoms with Crippen LogP contribution in [0.2, 0.25) is 0 Å². The lowest BCUT2D eigenvalue weighted by atomic mass is 10.1. The highest BCUT2D eigenvalue weighted by Crippen LogP contribution is 2.71. The van der Waals surface area contributed by atoms with E-state index in [-0.39, 0.29) is 0 Å². The molecule has 6 unspecified atom stereocenters. The first-order valence-corrected chi connectivity index (χ1v) is 21.3. The van der Waals surface area contributed by atoms with E-state index < -0.39 is 81.3 Å². The van der Waals surface area contributed by atoms with Gasteiger partial charge in [-0.25, -0.2) is 23.1 Å². The highest BCUT2D eigenvalue weighted by Gasteiger charge is 2.50. The molecule has 286 valence electrons. The van der Waals surface area contributed by atoms with Gasteiger partial charge in [-0.1, -0.05) is 60.2 Å². The molecule has 1 saturated heterocycles. The van der Waals surface area contributed by atoms with Crippen molar-refractivity contribution in [3.05, 3.63) is 101 Å². The summed E-state index contributed by atoms with van der Waals surface area (Å²) in [6.07, 6.45) is -4.77. The maximum atomic E-state index is 12.9. The molecule has 0 spiro atoms. The number of urea groups is 1. The van der Waals surface area contributed by atoms with Crippen LogP contribution in [0.4, 0.5) is 4.79 Å². The fourth-order valence-electron chi connectivity index (χ4n) is 5.44. The van der Waals surface area contributed by atoms with Gasteiger partial charge in [0.25, 0.3) is 0 Å². The summed E-state index contributed by atoms with van der Waals surface area (Å²) in [5.41, 5.74) is 2.51. The second-order valence-corrected chi connectivity index (χ2v) is 18.0. The van der Waals surface area contributed by atoms with Crippen LogP contribution < -0.4 is 5.32 Å². The minimum absolute atomic E-state index is 0.345. The summed E-state index contributed by atoms with van der Waals surface area (Å²) in [4.78, 5) is 53.5. The zero-order valence-corrected chi connectivity index (χ0v) is 30.7. The van der Waals surface area contributed by atoms with Crippen molar-refractivity contribution in [2.75, 3.05) is 6.61 Å². The topological polar surface area (TPSA) is 287 Å². The third-order valence-corrected chi connectivity index (χ3v) is 13.6. The number of hydrogen-bond donors (Lipinski definition) is 7. The van der Waals surface area contributed by atoms with Gasteiger partial charge in [-0.05, 0) is 41.5 Å². The Morgan fingerprint density at radius 1 is 0.792 bits per heavy atom. The van der Waals surface area contributed by atoms with Crippen LogP contribution >= 0.6 is 31.3 Å². The van der Waals surface area contributed by atoms with E-state index in [4.69, 9.17) is 9.47 Å². The third kappa shape index (κ3) is 9.78. The lowest BCUT2D eigenvalue weighted by Gasteiger charge is -2.33. The number of ether oxygens (including phenoxy) is 2. The Labute approximate surface area is 300 Å². The molecular weight excluding hydrogens is 788 g/mol. The Balaban J connectivity index is 1.02. The van der Waals surface area contributed by atoms with Crippen LogP contribution in [0.15, 0.2) is 84.6 Å². The zero-order valence-electron chi connectivity index (χ0n) is 27.1. The monoisotopic (exact) mass is 820 g/mol. The predicted molar refractivity (Wildman–Crippen MR) is 180 cm³/mol. The number of nitrogens with zero attached hydrogens (tertiary/aromatic N) is 1. The first-order valence-electron chi connectivity index (χ1n) is 15.3. The van der Waals surface area contributed by atoms with Crippen molar-refractivity contribution in [3.63, 3.8) is 0 Å². The van der Waals surface area contributed by atoms with E-state index in [1.54, 1.807) is 42.5 Å². The summed E-state index contributed by atoms with van der Waals surface area (Å²) in [5.74, 6) is 0.454. The van der Waals surface area contributed by atoms with E-state index in [9.17, 15) is 52.8 Å². The van der Waals surface area contributed by atoms with Gasteiger partial charge in [-0.15, -0.1) is 0 Å². The molecule has 0 saturated carbocycles. The Bertz CT molecular complexity index is 2160. The molecule has 6 rings (SSSR count). The predicted octanol–water partition coefficient (Wildman–Crippen LogP) is 3.89. The van der Waals surface area contributed by atoms with E-state index >= 15 is 0 Å². The Morgan fingerprint density at radius 3 is 2.15 bits per heavy atom. The van der Waals surface area contributed by atoms with Crippen molar-refractivity contribution in [1.82, 2.24) is 10.2 Å². The number of aliphatic hydroxyl groups is 2. The lowest BCUT2D eigenvalue weighted by Crippen LogP contribution is -2.54. The Kier molecular flexibility index (Phi) is 11.4. The van der Waals surface area contributed by atoms with Crippen LogP contribution in [-0.4, -0.2) is 78.1 Å². The summed E-state index contributed by atoms with van der Waals surface area (Å²) in [7, 11) is -23.3. The molecule has 20 nitrogen and oxygen atoms in total. The van der Waals surface area contributed by atoms with Crippen molar-refractivity contribution in [3.8, 4) is 0 Å². The number of phosphoric acid groups is 4. The van der Waals surface area contributed by atoms with Gasteiger partial charge < -0.3 is 39.3 Å². The van der Waals surface area contributed by atoms with E-state index in [0.717, 1.165) is 26.8 Å². The van der Waals surface area contributed by atoms with E-state index in [0.29, 0.717) is 16.9 Å². The number of fused-ring (bicyclic) bond motifs is 2. The minimum Gasteiger partial charge on any atom is -0.466 e. The Morgan fingerprint density at radius 2 is 1.45 bits per heavy atom. The van der Waals surface area contributed by atoms with Crippen molar-refractivity contribution in [2.45, 2.75) is 44.3 Å². The number of carbonyl (C=O) groups is 1. The normalized spacial score (nSPS) is 27.3. The average molecular weight is 820 g/mol. The fraction of sp³-hybridized carbons (Fsp3) is 0.276. The number of carbonyl (C=O) groups excluding carboxylic acids is 1. The molecule has 7 N–H and O–H groups in total. The van der Waals surface area contributed by atoms with Gasteiger partial charge in [-0.3, -0.25) is 19.3 Å². The maximum absolute atomic E-state index is 12.9. The molecule has 0 bridgehead atoms. The van der Waals surface area contributed by atoms with Gasteiger partial charge in [0.2, 0.25) is 6.23 Å². The number of benzene rings is 3. The van der Waals surface area contributed by atoms with Crippen molar-refractivity contribution in [2.24, 2.45) is 0 Å². The van der Waals surface area contributed by atoms with Gasteiger partial charge in [0, 0.05) is 17.3 Å². The van der Waals surface area contributed by atoms with Crippen LogP contribution in [-0.2, 0) is 56.3 Å². The minimum atomic E-state index is -6.10. The molecule has 3 aromatic rings. The summed E-state index contributed by atoms with van der Waals surface area (Å²) >= 11 is 0. The fourth-order valence-corrected chi connectivity index (χ4v) is 10.4. The second-order valence-electron chi connectivity index (χ2n) is 11.8. The number of phosphoric ester groups is 2. The number of aryl methyl sites for hydroxylation is 1. The number of rotatable bonds is 14. The number of hydrogen-bond acceptors (Lipinski definition) is 14. The molecule has 0 aliphatic carbocycles. The first kappa shape index (κ1) is 39.6. The lowest BCUT2D eigenvalue weighted by molar-refractivity contribution is -0.0671. The summed E-state index contributed by atoms with van der Waals surface area (Å²) in [5, 5.41) is 25.4. The SMILES string of the molecule is Cc1cccc(C2=CC3=CN([C@@H]4O[C@H](COP(=O)(O)OP(=O)(O)OP(=O)(O)OP(=O)(O)OCc5ccc6ccccc6c5)C(O)[C@@H]4O)C(=O)NC3O2)c1. The van der Waals surface area contributed by atoms with E-state index in [2.05, 4.69) is 27.3 Å². The molecule has 2 amide bonds. The summed E-state index contributed by atoms with van der Waals surface area (Å²) in [6.45, 7) is 0.166. The van der Waals surface area contributed by atoms with Crippen molar-refractivity contribution >= 4 is 53.9 Å². The smallest absolute Gasteiger partial charge is 0.466 e. The first-order chi connectivity index (χ1) is 24.8. The molecule has 9 atom stereocenters. The van der Waals surface area contributed by atoms with Crippen LogP contribution in [0.3, 0.4) is 0 Å². The molecule has 3 aliphatic rings. The molecule has 1 fully saturated rings. The maximum Gasteiger partial charge on any atom is 0.490 e. The molecular formula is C29H32N2O18P4. The van der Waals surface area contributed by atoms with Gasteiger partial charge in [-0.2, -0.15) is 12.9 Å². The van der Waals surface area contributed by atoms with Crippen LogP contribution in [0.25, 0.3) is 16.5 Å². The van der Waals surface area contributed by atoms with Crippen molar-refractivity contribution < 1.29 is 84.3 Å². The third-order valence-electron chi connectivity index (χ3n) is 7.77. The molecule has 24 heteroatoms. The molecule has 3 heterocycles. The number of aliphatic hydroxyl groups excluding tert-OH is 2. The largest absolute Gasteiger partial charge is 0.490 e. The standard InChI is InChI=1S/C29H32N2O18P4/c1-17-5-4-8-21(11-17)23-13-22-14-31(29(34)30-27(22)45-23)28-26(33)25(32)24(46-28)16-44-51(37,38)48-53(41,42)49-52(39,40)47-50(35,36)43-15-18-9-10-19-6-2-3-7-20(19)12-18/h2-14,24-28,32-33H,15-16H2,1H3,(H,30,34)(H,35,36)(H,37,38)(H,39,40)(H,41,42)/t24-,25?,26+,27?,28-/m1/s1. The Hall–Kier alpha value is -3.09. The van der Waals surface area contributed by atoms with Gasteiger partial charge >= 0.3 is 37.3 Å². The second kappa shape index (κ2) is 15.2. The average Bonchev–Trinajstić information content (AvgIpc) is 3.60. The zero-order chi connectivity index (χ0) is 38.3. The highest BCUT2D eigenvalue weighted by molar-refractivity contribution is 7.69. The van der Waals surface area contributed by atoms with Gasteiger partial charge in [0.05, 0.1) is 13.2 Å². The van der Waals surface area contributed by atoms with Crippen molar-refractivity contribution in [1.29, 1.82) is 0 Å². The molecule has 3 aromatic carbocycles. The van der Waals surface area contributed by atoms with Crippen LogP contribution in [0, 0.1) is 6.92 Å². The van der Waals surface area contributed by atoms with E-state index in [1.807, 2.05) is 31.2 Å². The van der Waals surface area contributed by atoms with Crippen LogP contribution in [0.5, 0.6) is 0 Å².